The molecule has 1 amide bonds. The van der Waals surface area contributed by atoms with Gasteiger partial charge in [0.05, 0.1) is 0 Å². The highest BCUT2D eigenvalue weighted by molar-refractivity contribution is 6.17. The summed E-state index contributed by atoms with van der Waals surface area (Å²) < 4.78 is 0. The van der Waals surface area contributed by atoms with E-state index in [1.807, 2.05) is 45.0 Å². The second kappa shape index (κ2) is 5.35. The third-order valence-corrected chi connectivity index (χ3v) is 3.20. The van der Waals surface area contributed by atoms with E-state index >= 15 is 0 Å². The molecule has 0 atom stereocenters. The summed E-state index contributed by atoms with van der Waals surface area (Å²) in [7, 11) is 0. The number of carbonyl (C=O) groups is 1. The molecule has 0 saturated carbocycles. The Morgan fingerprint density at radius 3 is 2.56 bits per heavy atom. The maximum Gasteiger partial charge on any atom is 0.230 e. The first-order valence-electron chi connectivity index (χ1n) is 5.46. The fourth-order valence-electron chi connectivity index (χ4n) is 1.21. The number of rotatable bonds is 4. The number of amides is 1. The molecule has 0 fully saturated rings. The van der Waals surface area contributed by atoms with Crippen LogP contribution in [0.5, 0.6) is 0 Å². The molecule has 0 aromatic heterocycles. The van der Waals surface area contributed by atoms with Crippen LogP contribution in [0, 0.1) is 5.41 Å². The number of alkyl halides is 1. The number of halogens is 1. The fourth-order valence-corrected chi connectivity index (χ4v) is 1.44. The second-order valence-electron chi connectivity index (χ2n) is 4.48. The lowest BCUT2D eigenvalue weighted by molar-refractivity contribution is -0.124. The van der Waals surface area contributed by atoms with Crippen LogP contribution in [-0.4, -0.2) is 5.91 Å². The highest BCUT2D eigenvalue weighted by Crippen LogP contribution is 2.24. The standard InChI is InChI=1S/C13H18ClNO/c1-4-13(2,3)12(16)15-11-8-6-5-7-10(11)9-14/h5-8H,4,9H2,1-3H3,(H,15,16). The van der Waals surface area contributed by atoms with Gasteiger partial charge in [-0.15, -0.1) is 11.6 Å². The van der Waals surface area contributed by atoms with Crippen molar-refractivity contribution in [1.29, 1.82) is 0 Å². The van der Waals surface area contributed by atoms with Gasteiger partial charge in [-0.3, -0.25) is 4.79 Å². The molecule has 16 heavy (non-hydrogen) atoms. The van der Waals surface area contributed by atoms with Gasteiger partial charge in [0.25, 0.3) is 0 Å². The second-order valence-corrected chi connectivity index (χ2v) is 4.75. The van der Waals surface area contributed by atoms with Crippen molar-refractivity contribution >= 4 is 23.2 Å². The lowest BCUT2D eigenvalue weighted by Crippen LogP contribution is -2.30. The molecule has 1 aromatic rings. The number of anilines is 1. The predicted octanol–water partition coefficient (Wildman–Crippen LogP) is 3.80. The molecule has 0 aliphatic rings. The van der Waals surface area contributed by atoms with Gasteiger partial charge in [0.2, 0.25) is 5.91 Å². The first-order chi connectivity index (χ1) is 7.51. The topological polar surface area (TPSA) is 29.1 Å². The van der Waals surface area contributed by atoms with E-state index in [1.165, 1.54) is 0 Å². The summed E-state index contributed by atoms with van der Waals surface area (Å²) >= 11 is 5.81. The molecule has 1 aromatic carbocycles. The summed E-state index contributed by atoms with van der Waals surface area (Å²) in [5, 5.41) is 2.93. The molecule has 0 spiro atoms. The van der Waals surface area contributed by atoms with Crippen LogP contribution in [0.25, 0.3) is 0 Å². The van der Waals surface area contributed by atoms with Crippen LogP contribution in [0.15, 0.2) is 24.3 Å². The summed E-state index contributed by atoms with van der Waals surface area (Å²) in [5.41, 5.74) is 1.41. The monoisotopic (exact) mass is 239 g/mol. The molecular formula is C13H18ClNO. The maximum absolute atomic E-state index is 12.0. The molecule has 3 heteroatoms. The lowest BCUT2D eigenvalue weighted by atomic mass is 9.89. The Balaban J connectivity index is 2.85. The van der Waals surface area contributed by atoms with Gasteiger partial charge in [0.1, 0.15) is 0 Å². The molecule has 1 N–H and O–H groups in total. The van der Waals surface area contributed by atoms with Gasteiger partial charge in [-0.2, -0.15) is 0 Å². The Bertz CT molecular complexity index is 374. The minimum absolute atomic E-state index is 0.0348. The lowest BCUT2D eigenvalue weighted by Gasteiger charge is -2.22. The molecule has 88 valence electrons. The van der Waals surface area contributed by atoms with Crippen LogP contribution in [-0.2, 0) is 10.7 Å². The molecule has 0 aliphatic heterocycles. The number of nitrogens with one attached hydrogen (secondary N) is 1. The smallest absolute Gasteiger partial charge is 0.230 e. The summed E-state index contributed by atoms with van der Waals surface area (Å²) in [6, 6.07) is 7.60. The van der Waals surface area contributed by atoms with Crippen molar-refractivity contribution in [2.75, 3.05) is 5.32 Å². The van der Waals surface area contributed by atoms with Crippen molar-refractivity contribution in [3.05, 3.63) is 29.8 Å². The minimum atomic E-state index is -0.348. The third-order valence-electron chi connectivity index (χ3n) is 2.91. The molecule has 0 heterocycles. The Kier molecular flexibility index (Phi) is 4.36. The number of hydrogen-bond donors (Lipinski definition) is 1. The van der Waals surface area contributed by atoms with Gasteiger partial charge in [-0.25, -0.2) is 0 Å². The molecule has 0 radical (unpaired) electrons. The average molecular weight is 240 g/mol. The van der Waals surface area contributed by atoms with E-state index in [4.69, 9.17) is 11.6 Å². The maximum atomic E-state index is 12.0. The number of carbonyl (C=O) groups excluding carboxylic acids is 1. The van der Waals surface area contributed by atoms with Crippen LogP contribution >= 0.6 is 11.6 Å². The average Bonchev–Trinajstić information content (AvgIpc) is 2.29. The molecule has 0 bridgehead atoms. The van der Waals surface area contributed by atoms with Crippen molar-refractivity contribution < 1.29 is 4.79 Å². The zero-order valence-electron chi connectivity index (χ0n) is 10.0. The van der Waals surface area contributed by atoms with Crippen LogP contribution < -0.4 is 5.32 Å². The molecule has 1 rings (SSSR count). The highest BCUT2D eigenvalue weighted by Gasteiger charge is 2.25. The third kappa shape index (κ3) is 2.99. The molecule has 0 aliphatic carbocycles. The largest absolute Gasteiger partial charge is 0.325 e. The van der Waals surface area contributed by atoms with E-state index in [1.54, 1.807) is 0 Å². The van der Waals surface area contributed by atoms with Gasteiger partial charge in [0.15, 0.2) is 0 Å². The van der Waals surface area contributed by atoms with Crippen LogP contribution in [0.3, 0.4) is 0 Å². The van der Waals surface area contributed by atoms with Gasteiger partial charge in [-0.1, -0.05) is 39.0 Å². The van der Waals surface area contributed by atoms with Crippen molar-refractivity contribution in [3.8, 4) is 0 Å². The Labute approximate surface area is 102 Å². The summed E-state index contributed by atoms with van der Waals surface area (Å²) in [6.45, 7) is 5.88. The Hall–Kier alpha value is -1.02. The van der Waals surface area contributed by atoms with E-state index in [-0.39, 0.29) is 11.3 Å². The molecule has 2 nitrogen and oxygen atoms in total. The minimum Gasteiger partial charge on any atom is -0.325 e. The van der Waals surface area contributed by atoms with Crippen molar-refractivity contribution in [2.45, 2.75) is 33.1 Å². The van der Waals surface area contributed by atoms with Crippen molar-refractivity contribution in [1.82, 2.24) is 0 Å². The number of hydrogen-bond acceptors (Lipinski definition) is 1. The Morgan fingerprint density at radius 1 is 1.38 bits per heavy atom. The van der Waals surface area contributed by atoms with Crippen LogP contribution in [0.2, 0.25) is 0 Å². The SMILES string of the molecule is CCC(C)(C)C(=O)Nc1ccccc1CCl. The van der Waals surface area contributed by atoms with Gasteiger partial charge >= 0.3 is 0 Å². The Morgan fingerprint density at radius 2 is 2.00 bits per heavy atom. The van der Waals surface area contributed by atoms with Gasteiger partial charge in [-0.05, 0) is 18.1 Å². The van der Waals surface area contributed by atoms with Gasteiger partial charge < -0.3 is 5.32 Å². The van der Waals surface area contributed by atoms with E-state index < -0.39 is 0 Å². The zero-order valence-corrected chi connectivity index (χ0v) is 10.8. The quantitative estimate of drug-likeness (QED) is 0.796. The van der Waals surface area contributed by atoms with Crippen molar-refractivity contribution in [2.24, 2.45) is 5.41 Å². The zero-order chi connectivity index (χ0) is 12.2. The summed E-state index contributed by atoms with van der Waals surface area (Å²) in [6.07, 6.45) is 0.807. The van der Waals surface area contributed by atoms with E-state index in [0.717, 1.165) is 17.7 Å². The van der Waals surface area contributed by atoms with Crippen LogP contribution in [0.1, 0.15) is 32.8 Å². The molecule has 0 unspecified atom stereocenters. The summed E-state index contributed by atoms with van der Waals surface area (Å²) in [4.78, 5) is 12.0. The molecule has 0 saturated heterocycles. The number of benzene rings is 1. The predicted molar refractivity (Wildman–Crippen MR) is 68.7 cm³/mol. The number of para-hydroxylation sites is 1. The van der Waals surface area contributed by atoms with Crippen molar-refractivity contribution in [3.63, 3.8) is 0 Å². The fraction of sp³-hybridized carbons (Fsp3) is 0.462. The summed E-state index contributed by atoms with van der Waals surface area (Å²) in [5.74, 6) is 0.441. The van der Waals surface area contributed by atoms with E-state index in [9.17, 15) is 4.79 Å². The van der Waals surface area contributed by atoms with E-state index in [0.29, 0.717) is 5.88 Å². The highest BCUT2D eigenvalue weighted by atomic mass is 35.5. The normalized spacial score (nSPS) is 11.2. The van der Waals surface area contributed by atoms with Crippen LogP contribution in [0.4, 0.5) is 5.69 Å². The van der Waals surface area contributed by atoms with Gasteiger partial charge in [0, 0.05) is 17.0 Å². The van der Waals surface area contributed by atoms with E-state index in [2.05, 4.69) is 5.32 Å². The first kappa shape index (κ1) is 13.0. The first-order valence-corrected chi connectivity index (χ1v) is 6.00. The molecular weight excluding hydrogens is 222 g/mol.